The molecule has 3 nitrogen and oxygen atoms in total. The molecule has 1 aromatic heterocycles. The van der Waals surface area contributed by atoms with Crippen LogP contribution >= 0.6 is 0 Å². The van der Waals surface area contributed by atoms with Crippen LogP contribution in [0.25, 0.3) is 11.3 Å². The van der Waals surface area contributed by atoms with Crippen molar-refractivity contribution in [3.05, 3.63) is 42.1 Å². The summed E-state index contributed by atoms with van der Waals surface area (Å²) in [5.41, 5.74) is 3.37. The fraction of sp³-hybridized carbons (Fsp3) is 0.308. The number of hydrogen-bond acceptors (Lipinski definition) is 2. The lowest BCUT2D eigenvalue weighted by Gasteiger charge is -2.08. The highest BCUT2D eigenvalue weighted by atomic mass is 16.7. The third-order valence-corrected chi connectivity index (χ3v) is 2.38. The summed E-state index contributed by atoms with van der Waals surface area (Å²) in [4.78, 5) is 7.11. The van der Waals surface area contributed by atoms with E-state index < -0.39 is 0 Å². The van der Waals surface area contributed by atoms with Crippen molar-refractivity contribution >= 4 is 0 Å². The lowest BCUT2D eigenvalue weighted by molar-refractivity contribution is 0.0865. The van der Waals surface area contributed by atoms with Crippen molar-refractivity contribution in [1.29, 1.82) is 0 Å². The minimum atomic E-state index is 0.681. The maximum atomic E-state index is 5.52. The second-order valence-corrected chi connectivity index (χ2v) is 3.79. The van der Waals surface area contributed by atoms with Crippen LogP contribution in [0.2, 0.25) is 0 Å². The summed E-state index contributed by atoms with van der Waals surface area (Å²) < 4.78 is 0. The van der Waals surface area contributed by atoms with Gasteiger partial charge in [0.05, 0.1) is 6.20 Å². The van der Waals surface area contributed by atoms with Crippen LogP contribution in [0, 0.1) is 6.92 Å². The maximum Gasteiger partial charge on any atom is 0.116 e. The van der Waals surface area contributed by atoms with Gasteiger partial charge in [-0.3, -0.25) is 0 Å². The van der Waals surface area contributed by atoms with Gasteiger partial charge in [0.2, 0.25) is 0 Å². The Hall–Kier alpha value is -1.77. The Morgan fingerprint density at radius 2 is 1.94 bits per heavy atom. The number of aryl methyl sites for hydroxylation is 1. The zero-order valence-electron chi connectivity index (χ0n) is 9.68. The summed E-state index contributed by atoms with van der Waals surface area (Å²) in [6, 6.07) is 10.3. The van der Waals surface area contributed by atoms with Gasteiger partial charge in [0, 0.05) is 5.56 Å². The van der Waals surface area contributed by atoms with E-state index in [1.807, 2.05) is 6.07 Å². The molecule has 0 aliphatic heterocycles. The number of rotatable bonds is 4. The van der Waals surface area contributed by atoms with Gasteiger partial charge in [-0.05, 0) is 19.4 Å². The molecule has 0 amide bonds. The summed E-state index contributed by atoms with van der Waals surface area (Å²) >= 11 is 0. The van der Waals surface area contributed by atoms with Crippen molar-refractivity contribution in [3.8, 4) is 11.3 Å². The molecule has 0 aliphatic rings. The molecule has 0 bridgehead atoms. The van der Waals surface area contributed by atoms with Gasteiger partial charge in [-0.2, -0.15) is 0 Å². The highest BCUT2D eigenvalue weighted by molar-refractivity contribution is 5.59. The lowest BCUT2D eigenvalue weighted by Crippen LogP contribution is -2.14. The number of hydrogen-bond donors (Lipinski definition) is 0. The Morgan fingerprint density at radius 1 is 1.19 bits per heavy atom. The molecule has 0 spiro atoms. The van der Waals surface area contributed by atoms with E-state index in [0.717, 1.165) is 17.7 Å². The van der Waals surface area contributed by atoms with Gasteiger partial charge in [-0.15, -0.1) is 5.10 Å². The van der Waals surface area contributed by atoms with Crippen LogP contribution < -0.4 is 4.84 Å². The van der Waals surface area contributed by atoms with Crippen molar-refractivity contribution in [2.75, 3.05) is 6.61 Å². The molecule has 1 aromatic carbocycles. The van der Waals surface area contributed by atoms with E-state index in [9.17, 15) is 0 Å². The highest BCUT2D eigenvalue weighted by Crippen LogP contribution is 2.18. The first kappa shape index (κ1) is 10.7. The minimum absolute atomic E-state index is 0.681. The van der Waals surface area contributed by atoms with Crippen LogP contribution in [0.5, 0.6) is 0 Å². The first-order valence-electron chi connectivity index (χ1n) is 5.55. The van der Waals surface area contributed by atoms with E-state index in [1.165, 1.54) is 5.56 Å². The quantitative estimate of drug-likeness (QED) is 0.785. The molecule has 0 aliphatic carbocycles. The maximum absolute atomic E-state index is 5.52. The first-order valence-corrected chi connectivity index (χ1v) is 5.55. The molecule has 0 radical (unpaired) electrons. The van der Waals surface area contributed by atoms with Crippen molar-refractivity contribution in [1.82, 2.24) is 9.94 Å². The monoisotopic (exact) mass is 216 g/mol. The smallest absolute Gasteiger partial charge is 0.116 e. The van der Waals surface area contributed by atoms with Gasteiger partial charge in [-0.25, -0.2) is 0 Å². The zero-order valence-corrected chi connectivity index (χ0v) is 9.68. The fourth-order valence-electron chi connectivity index (χ4n) is 1.50. The third-order valence-electron chi connectivity index (χ3n) is 2.38. The Kier molecular flexibility index (Phi) is 3.25. The predicted octanol–water partition coefficient (Wildman–Crippen LogP) is 2.70. The van der Waals surface area contributed by atoms with Crippen molar-refractivity contribution in [2.24, 2.45) is 0 Å². The van der Waals surface area contributed by atoms with E-state index in [4.69, 9.17) is 4.84 Å². The van der Waals surface area contributed by atoms with Gasteiger partial charge in [-0.1, -0.05) is 41.6 Å². The average molecular weight is 216 g/mol. The Balaban J connectivity index is 2.26. The van der Waals surface area contributed by atoms with Crippen LogP contribution in [0.1, 0.15) is 18.9 Å². The topological polar surface area (TPSA) is 27.1 Å². The van der Waals surface area contributed by atoms with Crippen molar-refractivity contribution in [3.63, 3.8) is 0 Å². The molecular weight excluding hydrogens is 200 g/mol. The third kappa shape index (κ3) is 2.24. The minimum Gasteiger partial charge on any atom is -0.396 e. The summed E-state index contributed by atoms with van der Waals surface area (Å²) in [7, 11) is 0. The molecule has 84 valence electrons. The summed E-state index contributed by atoms with van der Waals surface area (Å²) in [6.07, 6.45) is 2.73. The molecule has 0 unspecified atom stereocenters. The Labute approximate surface area is 95.6 Å². The van der Waals surface area contributed by atoms with Crippen LogP contribution in [0.15, 0.2) is 36.5 Å². The summed E-state index contributed by atoms with van der Waals surface area (Å²) in [5, 5.41) is 4.15. The van der Waals surface area contributed by atoms with E-state index in [1.54, 1.807) is 11.0 Å². The van der Waals surface area contributed by atoms with Crippen molar-refractivity contribution in [2.45, 2.75) is 20.3 Å². The average Bonchev–Trinajstić information content (AvgIpc) is 2.75. The molecule has 0 saturated heterocycles. The van der Waals surface area contributed by atoms with E-state index >= 15 is 0 Å². The molecule has 0 atom stereocenters. The van der Waals surface area contributed by atoms with Crippen LogP contribution in [0.4, 0.5) is 0 Å². The molecule has 2 rings (SSSR count). The highest BCUT2D eigenvalue weighted by Gasteiger charge is 2.05. The van der Waals surface area contributed by atoms with Crippen LogP contribution in [0.3, 0.4) is 0 Å². The summed E-state index contributed by atoms with van der Waals surface area (Å²) in [6.45, 7) is 4.84. The number of benzene rings is 1. The number of aromatic nitrogens is 2. The van der Waals surface area contributed by atoms with Crippen molar-refractivity contribution < 1.29 is 4.84 Å². The van der Waals surface area contributed by atoms with Gasteiger partial charge >= 0.3 is 0 Å². The Morgan fingerprint density at radius 3 is 2.62 bits per heavy atom. The normalized spacial score (nSPS) is 10.4. The first-order chi connectivity index (χ1) is 7.81. The van der Waals surface area contributed by atoms with E-state index in [2.05, 4.69) is 43.2 Å². The summed E-state index contributed by atoms with van der Waals surface area (Å²) in [5.74, 6) is 0. The fourth-order valence-corrected chi connectivity index (χ4v) is 1.50. The number of nitrogens with zero attached hydrogens (tertiary/aromatic N) is 2. The lowest BCUT2D eigenvalue weighted by atomic mass is 10.1. The molecule has 2 aromatic rings. The van der Waals surface area contributed by atoms with Crippen LogP contribution in [-0.2, 0) is 0 Å². The standard InChI is InChI=1S/C13H16N2O/c1-3-10-16-15-13(8-9-14-15)12-6-4-11(2)5-7-12/h4-9H,3,10H2,1-2H3. The van der Waals surface area contributed by atoms with Crippen LogP contribution in [-0.4, -0.2) is 16.6 Å². The second-order valence-electron chi connectivity index (χ2n) is 3.79. The van der Waals surface area contributed by atoms with Gasteiger partial charge in [0.1, 0.15) is 12.3 Å². The molecule has 0 N–H and O–H groups in total. The van der Waals surface area contributed by atoms with E-state index in [-0.39, 0.29) is 0 Å². The largest absolute Gasteiger partial charge is 0.396 e. The molecule has 16 heavy (non-hydrogen) atoms. The van der Waals surface area contributed by atoms with Gasteiger partial charge in [0.15, 0.2) is 0 Å². The molecule has 0 saturated carbocycles. The zero-order chi connectivity index (χ0) is 11.4. The molecule has 1 heterocycles. The van der Waals surface area contributed by atoms with Gasteiger partial charge < -0.3 is 4.84 Å². The Bertz CT molecular complexity index is 445. The van der Waals surface area contributed by atoms with E-state index in [0.29, 0.717) is 6.61 Å². The predicted molar refractivity (Wildman–Crippen MR) is 64.1 cm³/mol. The molecular formula is C13H16N2O. The molecule has 3 heteroatoms. The second kappa shape index (κ2) is 4.84. The SMILES string of the molecule is CCCOn1nccc1-c1ccc(C)cc1. The van der Waals surface area contributed by atoms with Gasteiger partial charge in [0.25, 0.3) is 0 Å². The molecule has 0 fully saturated rings.